The summed E-state index contributed by atoms with van der Waals surface area (Å²) in [6.45, 7) is 0. The molecule has 18 heavy (non-hydrogen) atoms. The normalized spacial score (nSPS) is 10.1. The van der Waals surface area contributed by atoms with Gasteiger partial charge >= 0.3 is 0 Å². The number of rotatable bonds is 2. The van der Waals surface area contributed by atoms with Crippen LogP contribution in [-0.2, 0) is 0 Å². The molecule has 1 amide bonds. The molecular weight excluding hydrogens is 362 g/mol. The van der Waals surface area contributed by atoms with E-state index in [9.17, 15) is 9.90 Å². The number of benzene rings is 2. The second-order valence-electron chi connectivity index (χ2n) is 3.63. The van der Waals surface area contributed by atoms with E-state index in [1.807, 2.05) is 12.1 Å². The zero-order valence-electron chi connectivity index (χ0n) is 9.15. The molecule has 0 aliphatic heterocycles. The van der Waals surface area contributed by atoms with Crippen molar-refractivity contribution < 1.29 is 9.90 Å². The molecule has 0 aliphatic rings. The lowest BCUT2D eigenvalue weighted by atomic mass is 10.2. The first kappa shape index (κ1) is 13.1. The first-order chi connectivity index (χ1) is 8.56. The van der Waals surface area contributed by atoms with Crippen molar-refractivity contribution in [3.05, 3.63) is 57.0 Å². The average Bonchev–Trinajstić information content (AvgIpc) is 2.32. The highest BCUT2D eigenvalue weighted by molar-refractivity contribution is 9.10. The third kappa shape index (κ3) is 3.11. The Labute approximate surface area is 121 Å². The van der Waals surface area contributed by atoms with Gasteiger partial charge in [0.05, 0.1) is 4.47 Å². The standard InChI is InChI=1S/C13H9Br2NO2/c14-9-2-1-3-10(7-9)16-13(18)8-4-5-11(15)12(17)6-8/h1-7,17H,(H,16,18). The smallest absolute Gasteiger partial charge is 0.255 e. The van der Waals surface area contributed by atoms with E-state index >= 15 is 0 Å². The summed E-state index contributed by atoms with van der Waals surface area (Å²) < 4.78 is 1.44. The Bertz CT molecular complexity index is 599. The second-order valence-corrected chi connectivity index (χ2v) is 5.40. The summed E-state index contributed by atoms with van der Waals surface area (Å²) in [4.78, 5) is 11.9. The summed E-state index contributed by atoms with van der Waals surface area (Å²) in [7, 11) is 0. The fourth-order valence-corrected chi connectivity index (χ4v) is 2.07. The first-order valence-electron chi connectivity index (χ1n) is 5.12. The largest absolute Gasteiger partial charge is 0.507 e. The van der Waals surface area contributed by atoms with Crippen LogP contribution in [0, 0.1) is 0 Å². The summed E-state index contributed by atoms with van der Waals surface area (Å²) >= 11 is 6.50. The van der Waals surface area contributed by atoms with Gasteiger partial charge in [0.25, 0.3) is 5.91 Å². The number of halogens is 2. The van der Waals surface area contributed by atoms with Gasteiger partial charge in [-0.1, -0.05) is 22.0 Å². The molecule has 0 aliphatic carbocycles. The Morgan fingerprint density at radius 1 is 1.11 bits per heavy atom. The molecule has 0 unspecified atom stereocenters. The number of hydrogen-bond acceptors (Lipinski definition) is 2. The lowest BCUT2D eigenvalue weighted by Gasteiger charge is -2.06. The molecule has 0 saturated heterocycles. The van der Waals surface area contributed by atoms with Crippen molar-refractivity contribution in [2.75, 3.05) is 5.32 Å². The molecule has 2 N–H and O–H groups in total. The van der Waals surface area contributed by atoms with Crippen molar-refractivity contribution in [2.24, 2.45) is 0 Å². The van der Waals surface area contributed by atoms with E-state index in [1.54, 1.807) is 24.3 Å². The van der Waals surface area contributed by atoms with E-state index in [0.717, 1.165) is 4.47 Å². The van der Waals surface area contributed by atoms with Crippen LogP contribution in [0.3, 0.4) is 0 Å². The monoisotopic (exact) mass is 369 g/mol. The van der Waals surface area contributed by atoms with Crippen LogP contribution < -0.4 is 5.32 Å². The molecule has 3 nitrogen and oxygen atoms in total. The van der Waals surface area contributed by atoms with E-state index in [0.29, 0.717) is 15.7 Å². The zero-order valence-corrected chi connectivity index (χ0v) is 12.3. The van der Waals surface area contributed by atoms with Crippen LogP contribution in [0.2, 0.25) is 0 Å². The molecule has 2 aromatic carbocycles. The Morgan fingerprint density at radius 3 is 2.56 bits per heavy atom. The van der Waals surface area contributed by atoms with Crippen molar-refractivity contribution in [1.29, 1.82) is 0 Å². The molecule has 2 aromatic rings. The lowest BCUT2D eigenvalue weighted by Crippen LogP contribution is -2.11. The van der Waals surface area contributed by atoms with Crippen molar-refractivity contribution >= 4 is 43.5 Å². The number of carbonyl (C=O) groups excluding carboxylic acids is 1. The molecule has 0 saturated carbocycles. The van der Waals surface area contributed by atoms with Gasteiger partial charge < -0.3 is 10.4 Å². The van der Waals surface area contributed by atoms with Crippen molar-refractivity contribution in [2.45, 2.75) is 0 Å². The Hall–Kier alpha value is -1.33. The van der Waals surface area contributed by atoms with Gasteiger partial charge in [0.2, 0.25) is 0 Å². The molecule has 0 spiro atoms. The van der Waals surface area contributed by atoms with Crippen molar-refractivity contribution in [3.8, 4) is 5.75 Å². The van der Waals surface area contributed by atoms with Gasteiger partial charge in [-0.25, -0.2) is 0 Å². The van der Waals surface area contributed by atoms with E-state index in [2.05, 4.69) is 37.2 Å². The van der Waals surface area contributed by atoms with Gasteiger partial charge in [-0.15, -0.1) is 0 Å². The van der Waals surface area contributed by atoms with Gasteiger partial charge in [-0.2, -0.15) is 0 Å². The lowest BCUT2D eigenvalue weighted by molar-refractivity contribution is 0.102. The SMILES string of the molecule is O=C(Nc1cccc(Br)c1)c1ccc(Br)c(O)c1. The first-order valence-corrected chi connectivity index (χ1v) is 6.70. The van der Waals surface area contributed by atoms with Crippen LogP contribution in [0.25, 0.3) is 0 Å². The number of aromatic hydroxyl groups is 1. The third-order valence-electron chi connectivity index (χ3n) is 2.29. The molecule has 0 fully saturated rings. The highest BCUT2D eigenvalue weighted by atomic mass is 79.9. The molecule has 0 aromatic heterocycles. The minimum Gasteiger partial charge on any atom is -0.507 e. The van der Waals surface area contributed by atoms with Gasteiger partial charge in [0.15, 0.2) is 0 Å². The Balaban J connectivity index is 2.19. The molecular formula is C13H9Br2NO2. The number of phenols is 1. The third-order valence-corrected chi connectivity index (χ3v) is 3.45. The molecule has 0 bridgehead atoms. The number of carbonyl (C=O) groups is 1. The number of anilines is 1. The summed E-state index contributed by atoms with van der Waals surface area (Å²) in [5, 5.41) is 12.3. The van der Waals surface area contributed by atoms with Gasteiger partial charge in [-0.3, -0.25) is 4.79 Å². The molecule has 5 heteroatoms. The summed E-state index contributed by atoms with van der Waals surface area (Å²) in [6.07, 6.45) is 0. The van der Waals surface area contributed by atoms with Crippen LogP contribution in [0.5, 0.6) is 5.75 Å². The number of nitrogens with one attached hydrogen (secondary N) is 1. The summed E-state index contributed by atoms with van der Waals surface area (Å²) in [5.41, 5.74) is 1.09. The summed E-state index contributed by atoms with van der Waals surface area (Å²) in [6, 6.07) is 12.0. The van der Waals surface area contributed by atoms with Gasteiger partial charge in [-0.05, 0) is 52.3 Å². The van der Waals surface area contributed by atoms with Crippen LogP contribution in [-0.4, -0.2) is 11.0 Å². The zero-order chi connectivity index (χ0) is 13.1. The number of hydrogen-bond donors (Lipinski definition) is 2. The number of phenolic OH excluding ortho intramolecular Hbond substituents is 1. The predicted octanol–water partition coefficient (Wildman–Crippen LogP) is 4.17. The van der Waals surface area contributed by atoms with Crippen LogP contribution in [0.4, 0.5) is 5.69 Å². The average molecular weight is 371 g/mol. The maximum Gasteiger partial charge on any atom is 0.255 e. The Morgan fingerprint density at radius 2 is 1.89 bits per heavy atom. The fourth-order valence-electron chi connectivity index (χ4n) is 1.42. The van der Waals surface area contributed by atoms with E-state index in [1.165, 1.54) is 6.07 Å². The molecule has 0 heterocycles. The molecule has 92 valence electrons. The number of amides is 1. The van der Waals surface area contributed by atoms with Gasteiger partial charge in [0, 0.05) is 15.7 Å². The maximum absolute atomic E-state index is 11.9. The molecule has 0 radical (unpaired) electrons. The predicted molar refractivity (Wildman–Crippen MR) is 77.9 cm³/mol. The van der Waals surface area contributed by atoms with Crippen molar-refractivity contribution in [1.82, 2.24) is 0 Å². The minimum absolute atomic E-state index is 0.0388. The van der Waals surface area contributed by atoms with E-state index in [4.69, 9.17) is 0 Å². The fraction of sp³-hybridized carbons (Fsp3) is 0. The van der Waals surface area contributed by atoms with Crippen LogP contribution in [0.1, 0.15) is 10.4 Å². The van der Waals surface area contributed by atoms with Crippen LogP contribution >= 0.6 is 31.9 Å². The maximum atomic E-state index is 11.9. The van der Waals surface area contributed by atoms with Crippen molar-refractivity contribution in [3.63, 3.8) is 0 Å². The highest BCUT2D eigenvalue weighted by Gasteiger charge is 2.08. The Kier molecular flexibility index (Phi) is 4.04. The molecule has 0 atom stereocenters. The summed E-state index contributed by atoms with van der Waals surface area (Å²) in [5.74, 6) is -0.229. The second kappa shape index (κ2) is 5.54. The highest BCUT2D eigenvalue weighted by Crippen LogP contribution is 2.25. The van der Waals surface area contributed by atoms with E-state index in [-0.39, 0.29) is 11.7 Å². The topological polar surface area (TPSA) is 49.3 Å². The van der Waals surface area contributed by atoms with E-state index < -0.39 is 0 Å². The van der Waals surface area contributed by atoms with Gasteiger partial charge in [0.1, 0.15) is 5.75 Å². The molecule has 2 rings (SSSR count). The minimum atomic E-state index is -0.268. The quantitative estimate of drug-likeness (QED) is 0.833. The van der Waals surface area contributed by atoms with Crippen LogP contribution in [0.15, 0.2) is 51.4 Å².